The van der Waals surface area contributed by atoms with Crippen LogP contribution in [0, 0.1) is 11.3 Å². The van der Waals surface area contributed by atoms with Gasteiger partial charge >= 0.3 is 0 Å². The molecule has 3 nitrogen and oxygen atoms in total. The van der Waals surface area contributed by atoms with E-state index >= 15 is 0 Å². The lowest BCUT2D eigenvalue weighted by Crippen LogP contribution is -2.16. The second-order valence-corrected chi connectivity index (χ2v) is 6.46. The number of carbonyl (C=O) groups excluding carboxylic acids is 2. The van der Waals surface area contributed by atoms with E-state index in [1.54, 1.807) is 54.6 Å². The van der Waals surface area contributed by atoms with Gasteiger partial charge in [0.1, 0.15) is 0 Å². The molecule has 0 amide bonds. The van der Waals surface area contributed by atoms with Crippen molar-refractivity contribution < 1.29 is 9.59 Å². The highest BCUT2D eigenvalue weighted by Gasteiger charge is 2.24. The number of carbonyl (C=O) groups is 2. The molecule has 0 aliphatic carbocycles. The maximum absolute atomic E-state index is 13.0. The van der Waals surface area contributed by atoms with E-state index in [0.717, 1.165) is 11.1 Å². The Labute approximate surface area is 180 Å². The smallest absolute Gasteiger partial charge is 0.170 e. The van der Waals surface area contributed by atoms with Gasteiger partial charge in [0.25, 0.3) is 0 Å². The van der Waals surface area contributed by atoms with E-state index in [9.17, 15) is 9.59 Å². The van der Waals surface area contributed by atoms with E-state index in [1.807, 2.05) is 52.0 Å². The number of hydrogen-bond donors (Lipinski definition) is 0. The zero-order valence-corrected chi connectivity index (χ0v) is 18.1. The average molecular weight is 400 g/mol. The normalized spacial score (nSPS) is 12.2. The third-order valence-corrected chi connectivity index (χ3v) is 4.29. The van der Waals surface area contributed by atoms with Gasteiger partial charge in [0.05, 0.1) is 17.6 Å². The number of nitrogens with zero attached hydrogens (tertiary/aromatic N) is 1. The molecule has 0 aromatic heterocycles. The van der Waals surface area contributed by atoms with Gasteiger partial charge in [-0.15, -0.1) is 0 Å². The first-order valence-electron chi connectivity index (χ1n) is 10.1. The maximum Gasteiger partial charge on any atom is 0.170 e. The Kier molecular flexibility index (Phi) is 11.1. The van der Waals surface area contributed by atoms with Crippen LogP contribution in [0.4, 0.5) is 0 Å². The summed E-state index contributed by atoms with van der Waals surface area (Å²) in [5, 5.41) is 8.99. The van der Waals surface area contributed by atoms with Gasteiger partial charge in [-0.2, -0.15) is 5.26 Å². The molecule has 0 N–H and O–H groups in total. The lowest BCUT2D eigenvalue weighted by Gasteiger charge is -2.15. The van der Waals surface area contributed by atoms with Crippen molar-refractivity contribution in [3.8, 4) is 6.07 Å². The Morgan fingerprint density at radius 2 is 1.63 bits per heavy atom. The molecule has 2 aromatic rings. The lowest BCUT2D eigenvalue weighted by atomic mass is 9.86. The summed E-state index contributed by atoms with van der Waals surface area (Å²) in [4.78, 5) is 25.5. The molecule has 0 spiro atoms. The Morgan fingerprint density at radius 1 is 1.00 bits per heavy atom. The lowest BCUT2D eigenvalue weighted by molar-refractivity contribution is -0.114. The van der Waals surface area contributed by atoms with Crippen LogP contribution in [0.2, 0.25) is 0 Å². The zero-order chi connectivity index (χ0) is 22.4. The van der Waals surface area contributed by atoms with Crippen molar-refractivity contribution in [1.29, 1.82) is 5.26 Å². The zero-order valence-electron chi connectivity index (χ0n) is 18.1. The molecule has 0 fully saturated rings. The molecule has 0 radical (unpaired) electrons. The number of allylic oxidation sites excluding steroid dienone is 6. The SMILES string of the molecule is CC.C\C=C/C(C)=C\C=C\C(=O)CC(C(=O)c1ccccc1)c1ccc(C#N)cc1. The Morgan fingerprint density at radius 3 is 2.20 bits per heavy atom. The highest BCUT2D eigenvalue weighted by atomic mass is 16.1. The van der Waals surface area contributed by atoms with Crippen LogP contribution in [0.25, 0.3) is 0 Å². The standard InChI is InChI=1S/C25H23NO2.C2H6/c1-3-8-19(2)9-7-12-23(27)17-24(21-15-13-20(18-26)14-16-21)25(28)22-10-5-4-6-11-22;1-2/h3-16,24H,17H2,1-2H3;1-2H3/b8-3-,12-7+,19-9-;. The molecule has 0 aliphatic rings. The quantitative estimate of drug-likeness (QED) is 0.286. The third kappa shape index (κ3) is 7.85. The fourth-order valence-electron chi connectivity index (χ4n) is 2.85. The summed E-state index contributed by atoms with van der Waals surface area (Å²) < 4.78 is 0. The number of rotatable bonds is 8. The third-order valence-electron chi connectivity index (χ3n) is 4.29. The van der Waals surface area contributed by atoms with Crippen molar-refractivity contribution in [3.05, 3.63) is 107 Å². The highest BCUT2D eigenvalue weighted by molar-refractivity contribution is 6.04. The molecule has 0 bridgehead atoms. The molecule has 0 saturated heterocycles. The fraction of sp³-hybridized carbons (Fsp3) is 0.222. The largest absolute Gasteiger partial charge is 0.295 e. The molecular formula is C27H29NO2. The van der Waals surface area contributed by atoms with Crippen LogP contribution in [0.5, 0.6) is 0 Å². The Hall–Kier alpha value is -3.51. The topological polar surface area (TPSA) is 57.9 Å². The van der Waals surface area contributed by atoms with E-state index in [2.05, 4.69) is 6.07 Å². The minimum Gasteiger partial charge on any atom is -0.295 e. The van der Waals surface area contributed by atoms with Gasteiger partial charge in [0.15, 0.2) is 11.6 Å². The summed E-state index contributed by atoms with van der Waals surface area (Å²) in [5.74, 6) is -0.816. The molecule has 1 unspecified atom stereocenters. The Balaban J connectivity index is 0.00000218. The van der Waals surface area contributed by atoms with Gasteiger partial charge in [-0.25, -0.2) is 0 Å². The van der Waals surface area contributed by atoms with Gasteiger partial charge in [-0.3, -0.25) is 9.59 Å². The molecule has 0 heterocycles. The minimum atomic E-state index is -0.590. The van der Waals surface area contributed by atoms with Gasteiger partial charge < -0.3 is 0 Å². The maximum atomic E-state index is 13.0. The summed E-state index contributed by atoms with van der Waals surface area (Å²) in [6.45, 7) is 7.89. The summed E-state index contributed by atoms with van der Waals surface area (Å²) in [6, 6.07) is 17.9. The van der Waals surface area contributed by atoms with E-state index in [0.29, 0.717) is 11.1 Å². The van der Waals surface area contributed by atoms with Gasteiger partial charge in [-0.1, -0.05) is 86.2 Å². The molecule has 3 heteroatoms. The van der Waals surface area contributed by atoms with Crippen molar-refractivity contribution in [2.75, 3.05) is 0 Å². The first-order chi connectivity index (χ1) is 14.5. The predicted octanol–water partition coefficient (Wildman–Crippen LogP) is 6.59. The molecule has 2 aromatic carbocycles. The van der Waals surface area contributed by atoms with Crippen molar-refractivity contribution in [1.82, 2.24) is 0 Å². The molecule has 30 heavy (non-hydrogen) atoms. The predicted molar refractivity (Wildman–Crippen MR) is 123 cm³/mol. The summed E-state index contributed by atoms with van der Waals surface area (Å²) in [5.41, 5.74) is 2.86. The van der Waals surface area contributed by atoms with Crippen molar-refractivity contribution in [2.45, 2.75) is 40.0 Å². The monoisotopic (exact) mass is 399 g/mol. The Bertz CT molecular complexity index is 943. The summed E-state index contributed by atoms with van der Waals surface area (Å²) in [6.07, 6.45) is 9.02. The number of hydrogen-bond acceptors (Lipinski definition) is 3. The average Bonchev–Trinajstić information content (AvgIpc) is 2.79. The van der Waals surface area contributed by atoms with E-state index in [-0.39, 0.29) is 18.0 Å². The number of benzene rings is 2. The van der Waals surface area contributed by atoms with Crippen molar-refractivity contribution >= 4 is 11.6 Å². The molecule has 1 atom stereocenters. The van der Waals surface area contributed by atoms with Crippen LogP contribution in [0.15, 0.2) is 90.6 Å². The van der Waals surface area contributed by atoms with Gasteiger partial charge in [0.2, 0.25) is 0 Å². The van der Waals surface area contributed by atoms with Crippen molar-refractivity contribution in [3.63, 3.8) is 0 Å². The molecular weight excluding hydrogens is 370 g/mol. The first kappa shape index (κ1) is 24.5. The number of Topliss-reactive ketones (excluding diaryl/α,β-unsaturated/α-hetero) is 1. The van der Waals surface area contributed by atoms with E-state index in [1.165, 1.54) is 6.08 Å². The fourth-order valence-corrected chi connectivity index (χ4v) is 2.85. The van der Waals surface area contributed by atoms with E-state index in [4.69, 9.17) is 5.26 Å². The summed E-state index contributed by atoms with van der Waals surface area (Å²) >= 11 is 0. The van der Waals surface area contributed by atoms with E-state index < -0.39 is 5.92 Å². The van der Waals surface area contributed by atoms with Crippen LogP contribution < -0.4 is 0 Å². The van der Waals surface area contributed by atoms with Crippen LogP contribution in [-0.4, -0.2) is 11.6 Å². The van der Waals surface area contributed by atoms with Crippen molar-refractivity contribution in [2.24, 2.45) is 0 Å². The summed E-state index contributed by atoms with van der Waals surface area (Å²) in [7, 11) is 0. The highest BCUT2D eigenvalue weighted by Crippen LogP contribution is 2.25. The van der Waals surface area contributed by atoms with Crippen LogP contribution >= 0.6 is 0 Å². The van der Waals surface area contributed by atoms with Gasteiger partial charge in [0, 0.05) is 12.0 Å². The molecule has 0 aliphatic heterocycles. The van der Waals surface area contributed by atoms with Crippen LogP contribution in [0.3, 0.4) is 0 Å². The minimum absolute atomic E-state index is 0.0760. The second-order valence-electron chi connectivity index (χ2n) is 6.46. The van der Waals surface area contributed by atoms with Crippen LogP contribution in [0.1, 0.15) is 61.5 Å². The molecule has 2 rings (SSSR count). The first-order valence-corrected chi connectivity index (χ1v) is 10.1. The molecule has 0 saturated carbocycles. The number of nitriles is 1. The van der Waals surface area contributed by atoms with Crippen LogP contribution in [-0.2, 0) is 4.79 Å². The second kappa shape index (κ2) is 13.6. The van der Waals surface area contributed by atoms with Gasteiger partial charge in [-0.05, 0) is 37.6 Å². The number of ketones is 2. The molecule has 154 valence electrons.